The Morgan fingerprint density at radius 3 is 2.67 bits per heavy atom. The number of rotatable bonds is 3. The third-order valence-electron chi connectivity index (χ3n) is 8.17. The van der Waals surface area contributed by atoms with Crippen molar-refractivity contribution in [3.05, 3.63) is 35.9 Å². The molecular formula is C24H34N2O. The van der Waals surface area contributed by atoms with E-state index in [-0.39, 0.29) is 10.8 Å². The number of amides is 1. The minimum atomic E-state index is -0.141. The molecule has 5 fully saturated rings. The Labute approximate surface area is 163 Å². The maximum atomic E-state index is 13.7. The van der Waals surface area contributed by atoms with E-state index in [4.69, 9.17) is 0 Å². The molecule has 0 spiro atoms. The second-order valence-electron chi connectivity index (χ2n) is 10.8. The molecule has 3 nitrogen and oxygen atoms in total. The van der Waals surface area contributed by atoms with Crippen molar-refractivity contribution in [3.63, 3.8) is 0 Å². The van der Waals surface area contributed by atoms with Crippen LogP contribution in [0.1, 0.15) is 70.8 Å². The maximum Gasteiger partial charge on any atom is 0.226 e. The second kappa shape index (κ2) is 6.07. The van der Waals surface area contributed by atoms with Crippen LogP contribution in [0, 0.1) is 16.7 Å². The molecule has 5 aliphatic rings. The second-order valence-corrected chi connectivity index (χ2v) is 10.8. The molecule has 1 aromatic carbocycles. The fraction of sp³-hybridized carbons (Fsp3) is 0.708. The van der Waals surface area contributed by atoms with Crippen LogP contribution in [0.15, 0.2) is 30.3 Å². The summed E-state index contributed by atoms with van der Waals surface area (Å²) in [6.45, 7) is 5.71. The van der Waals surface area contributed by atoms with Crippen LogP contribution in [0.4, 0.5) is 0 Å². The van der Waals surface area contributed by atoms with Crippen LogP contribution in [0.2, 0.25) is 0 Å². The minimum Gasteiger partial charge on any atom is -0.353 e. The zero-order chi connectivity index (χ0) is 18.7. The number of piperidine rings is 1. The molecule has 1 amide bonds. The molecule has 1 aliphatic heterocycles. The minimum absolute atomic E-state index is 0.141. The van der Waals surface area contributed by atoms with Gasteiger partial charge in [0.1, 0.15) is 0 Å². The summed E-state index contributed by atoms with van der Waals surface area (Å²) in [5.74, 6) is 1.08. The van der Waals surface area contributed by atoms with E-state index in [2.05, 4.69) is 54.8 Å². The number of hydrogen-bond donors (Lipinski definition) is 2. The van der Waals surface area contributed by atoms with Crippen molar-refractivity contribution in [2.45, 2.75) is 82.7 Å². The van der Waals surface area contributed by atoms with Crippen molar-refractivity contribution >= 4 is 5.91 Å². The van der Waals surface area contributed by atoms with Gasteiger partial charge in [0.25, 0.3) is 0 Å². The average molecular weight is 367 g/mol. The lowest BCUT2D eigenvalue weighted by atomic mass is 9.38. The number of nitrogens with one attached hydrogen (secondary N) is 2. The Hall–Kier alpha value is -1.35. The highest BCUT2D eigenvalue weighted by Crippen LogP contribution is 2.70. The molecule has 146 valence electrons. The number of hydrogen-bond acceptors (Lipinski definition) is 2. The van der Waals surface area contributed by atoms with E-state index in [1.54, 1.807) is 0 Å². The summed E-state index contributed by atoms with van der Waals surface area (Å²) in [6.07, 6.45) is 9.26. The molecule has 0 aromatic heterocycles. The lowest BCUT2D eigenvalue weighted by Crippen LogP contribution is -2.63. The van der Waals surface area contributed by atoms with Crippen LogP contribution < -0.4 is 10.6 Å². The molecule has 2 N–H and O–H groups in total. The molecule has 1 aromatic rings. The van der Waals surface area contributed by atoms with Crippen molar-refractivity contribution in [1.82, 2.24) is 10.6 Å². The van der Waals surface area contributed by atoms with Crippen molar-refractivity contribution in [2.75, 3.05) is 6.54 Å². The molecule has 3 heteroatoms. The quantitative estimate of drug-likeness (QED) is 0.843. The zero-order valence-electron chi connectivity index (χ0n) is 16.9. The van der Waals surface area contributed by atoms with Crippen molar-refractivity contribution in [2.24, 2.45) is 16.7 Å². The fourth-order valence-corrected chi connectivity index (χ4v) is 7.89. The molecule has 6 rings (SSSR count). The summed E-state index contributed by atoms with van der Waals surface area (Å²) in [5.41, 5.74) is 1.88. The Kier molecular flexibility index (Phi) is 3.99. The van der Waals surface area contributed by atoms with Gasteiger partial charge in [0.05, 0.1) is 5.41 Å². The van der Waals surface area contributed by atoms with Gasteiger partial charge >= 0.3 is 0 Å². The lowest BCUT2D eigenvalue weighted by molar-refractivity contribution is -0.161. The molecule has 6 atom stereocenters. The highest BCUT2D eigenvalue weighted by Gasteiger charge is 2.64. The van der Waals surface area contributed by atoms with E-state index in [1.807, 2.05) is 0 Å². The van der Waals surface area contributed by atoms with Gasteiger partial charge in [-0.05, 0) is 87.1 Å². The Morgan fingerprint density at radius 1 is 1.11 bits per heavy atom. The molecule has 4 bridgehead atoms. The predicted molar refractivity (Wildman–Crippen MR) is 108 cm³/mol. The van der Waals surface area contributed by atoms with E-state index >= 15 is 0 Å². The first-order valence-corrected chi connectivity index (χ1v) is 11.0. The molecule has 4 unspecified atom stereocenters. The van der Waals surface area contributed by atoms with E-state index in [0.717, 1.165) is 38.6 Å². The van der Waals surface area contributed by atoms with Gasteiger partial charge in [-0.1, -0.05) is 37.3 Å². The maximum absolute atomic E-state index is 13.7. The molecule has 1 heterocycles. The van der Waals surface area contributed by atoms with Crippen LogP contribution in [0.5, 0.6) is 0 Å². The van der Waals surface area contributed by atoms with Crippen LogP contribution >= 0.6 is 0 Å². The van der Waals surface area contributed by atoms with E-state index < -0.39 is 0 Å². The van der Waals surface area contributed by atoms with Gasteiger partial charge in [-0.25, -0.2) is 0 Å². The fourth-order valence-electron chi connectivity index (χ4n) is 7.89. The number of benzene rings is 1. The third-order valence-corrected chi connectivity index (χ3v) is 8.17. The molecule has 4 aliphatic carbocycles. The topological polar surface area (TPSA) is 41.1 Å². The van der Waals surface area contributed by atoms with E-state index in [0.29, 0.717) is 29.3 Å². The average Bonchev–Trinajstić information content (AvgIpc) is 2.60. The van der Waals surface area contributed by atoms with Crippen LogP contribution in [-0.2, 0) is 10.2 Å². The standard InChI is InChI=1S/C24H34N2O/c1-17-10-20(8-9-25-17)26-21(27)24-13-18-11-22(2,15-24)14-23(12-18,16-24)19-6-4-3-5-7-19/h3-7,17-18,20,25H,8-16H2,1-2H3,(H,26,27)/t17-,18?,20-,22?,23?,24?/m0/s1. The third kappa shape index (κ3) is 2.93. The monoisotopic (exact) mass is 366 g/mol. The van der Waals surface area contributed by atoms with E-state index in [1.165, 1.54) is 24.8 Å². The normalized spacial score (nSPS) is 45.6. The highest BCUT2D eigenvalue weighted by atomic mass is 16.2. The summed E-state index contributed by atoms with van der Waals surface area (Å²) in [6, 6.07) is 12.0. The highest BCUT2D eigenvalue weighted by molar-refractivity contribution is 5.84. The van der Waals surface area contributed by atoms with Gasteiger partial charge in [-0.3, -0.25) is 4.79 Å². The number of carbonyl (C=O) groups is 1. The Morgan fingerprint density at radius 2 is 1.93 bits per heavy atom. The Balaban J connectivity index is 1.45. The van der Waals surface area contributed by atoms with Gasteiger partial charge in [0, 0.05) is 12.1 Å². The van der Waals surface area contributed by atoms with Crippen molar-refractivity contribution in [3.8, 4) is 0 Å². The van der Waals surface area contributed by atoms with Crippen LogP contribution in [0.25, 0.3) is 0 Å². The van der Waals surface area contributed by atoms with Crippen molar-refractivity contribution < 1.29 is 4.79 Å². The predicted octanol–water partition coefficient (Wildman–Crippen LogP) is 4.17. The lowest BCUT2D eigenvalue weighted by Gasteiger charge is -2.65. The summed E-state index contributed by atoms with van der Waals surface area (Å²) < 4.78 is 0. The van der Waals surface area contributed by atoms with Crippen LogP contribution in [0.3, 0.4) is 0 Å². The van der Waals surface area contributed by atoms with Gasteiger partial charge in [0.15, 0.2) is 0 Å². The Bertz CT molecular complexity index is 733. The first-order valence-electron chi connectivity index (χ1n) is 11.0. The summed E-state index contributed by atoms with van der Waals surface area (Å²) in [4.78, 5) is 13.7. The first kappa shape index (κ1) is 17.7. The van der Waals surface area contributed by atoms with Gasteiger partial charge in [-0.15, -0.1) is 0 Å². The van der Waals surface area contributed by atoms with Gasteiger partial charge < -0.3 is 10.6 Å². The summed E-state index contributed by atoms with van der Waals surface area (Å²) in [7, 11) is 0. The number of carbonyl (C=O) groups excluding carboxylic acids is 1. The first-order chi connectivity index (χ1) is 12.9. The SMILES string of the molecule is C[C@H]1C[C@@H](NC(=O)C23CC4CC(C)(C2)CC(c2ccccc2)(C4)C3)CCN1. The largest absolute Gasteiger partial charge is 0.353 e. The molecule has 1 saturated heterocycles. The van der Waals surface area contributed by atoms with Crippen molar-refractivity contribution in [1.29, 1.82) is 0 Å². The van der Waals surface area contributed by atoms with Gasteiger partial charge in [-0.2, -0.15) is 0 Å². The zero-order valence-corrected chi connectivity index (χ0v) is 16.9. The summed E-state index contributed by atoms with van der Waals surface area (Å²) in [5, 5.41) is 7.02. The smallest absolute Gasteiger partial charge is 0.226 e. The molecule has 27 heavy (non-hydrogen) atoms. The molecule has 4 saturated carbocycles. The van der Waals surface area contributed by atoms with Gasteiger partial charge in [0.2, 0.25) is 5.91 Å². The summed E-state index contributed by atoms with van der Waals surface area (Å²) >= 11 is 0. The van der Waals surface area contributed by atoms with Crippen LogP contribution in [-0.4, -0.2) is 24.5 Å². The molecular weight excluding hydrogens is 332 g/mol. The molecule has 0 radical (unpaired) electrons. The van der Waals surface area contributed by atoms with E-state index in [9.17, 15) is 4.79 Å².